The van der Waals surface area contributed by atoms with Crippen molar-refractivity contribution in [2.75, 3.05) is 0 Å². The van der Waals surface area contributed by atoms with Crippen LogP contribution in [0, 0.1) is 0 Å². The summed E-state index contributed by atoms with van der Waals surface area (Å²) in [6.07, 6.45) is 1.87. The van der Waals surface area contributed by atoms with Gasteiger partial charge in [-0.15, -0.1) is 0 Å². The van der Waals surface area contributed by atoms with E-state index in [-0.39, 0.29) is 31.9 Å². The number of imidazole rings is 1. The molecule has 2 aromatic carbocycles. The first kappa shape index (κ1) is 30.9. The van der Waals surface area contributed by atoms with Crippen LogP contribution in [0.2, 0.25) is 0 Å². The number of aromatic nitrogens is 6. The first-order chi connectivity index (χ1) is 21.0. The van der Waals surface area contributed by atoms with Gasteiger partial charge in [0, 0.05) is 50.2 Å². The number of hydrogen-bond donors (Lipinski definition) is 0. The molecule has 230 valence electrons. The van der Waals surface area contributed by atoms with Crippen molar-refractivity contribution in [1.82, 2.24) is 29.1 Å². The van der Waals surface area contributed by atoms with Crippen molar-refractivity contribution in [3.05, 3.63) is 102 Å². The summed E-state index contributed by atoms with van der Waals surface area (Å²) in [7, 11) is 0. The second kappa shape index (κ2) is 11.3. The van der Waals surface area contributed by atoms with Crippen LogP contribution >= 0.6 is 0 Å². The number of nitrogens with zero attached hydrogens (tertiary/aromatic N) is 6. The molecule has 0 saturated heterocycles. The van der Waals surface area contributed by atoms with Crippen molar-refractivity contribution in [2.24, 2.45) is 0 Å². The second-order valence-corrected chi connectivity index (χ2v) is 13.5. The van der Waals surface area contributed by atoms with Crippen LogP contribution in [-0.2, 0) is 44.5 Å². The molecule has 7 nitrogen and oxygen atoms in total. The van der Waals surface area contributed by atoms with Crippen LogP contribution in [0.3, 0.4) is 0 Å². The molecule has 0 aliphatic rings. The first-order valence-corrected chi connectivity index (χ1v) is 15.1. The van der Waals surface area contributed by atoms with Crippen molar-refractivity contribution < 1.29 is 25.8 Å². The number of hydrogen-bond acceptors (Lipinski definition) is 6. The van der Waals surface area contributed by atoms with E-state index in [0.717, 1.165) is 44.4 Å². The van der Waals surface area contributed by atoms with Crippen LogP contribution in [0.25, 0.3) is 44.6 Å². The standard InChI is InChI=1S/C36H34N6OS.Pt/c1-35(2,3)22-17-18-37-29(19-22)41-27-13-9-7-11-24(27)25-15-16-31(40-33(25)41)43-32-21-23(36(4,5)6)20-30(39-32)42-28-14-10-8-12-26(28)38-34(42)44;/h7-21H,1-6H3,(H,38,44);/p-1. The van der Waals surface area contributed by atoms with Gasteiger partial charge in [-0.3, -0.25) is 9.55 Å². The van der Waals surface area contributed by atoms with Crippen LogP contribution < -0.4 is 4.74 Å². The van der Waals surface area contributed by atoms with Crippen LogP contribution in [0.5, 0.6) is 11.8 Å². The summed E-state index contributed by atoms with van der Waals surface area (Å²) < 4.78 is 10.5. The van der Waals surface area contributed by atoms with Crippen LogP contribution in [0.15, 0.2) is 96.3 Å². The number of fused-ring (bicyclic) bond motifs is 4. The topological polar surface area (TPSA) is 70.7 Å². The van der Waals surface area contributed by atoms with Crippen molar-refractivity contribution in [3.8, 4) is 23.4 Å². The van der Waals surface area contributed by atoms with Crippen LogP contribution in [-0.4, -0.2) is 29.1 Å². The van der Waals surface area contributed by atoms with Gasteiger partial charge in [-0.05, 0) is 69.6 Å². The van der Waals surface area contributed by atoms with Gasteiger partial charge in [-0.25, -0.2) is 4.98 Å². The van der Waals surface area contributed by atoms with E-state index in [1.165, 1.54) is 5.56 Å². The van der Waals surface area contributed by atoms with E-state index in [4.69, 9.17) is 32.3 Å². The van der Waals surface area contributed by atoms with E-state index in [9.17, 15) is 0 Å². The molecule has 5 aromatic heterocycles. The summed E-state index contributed by atoms with van der Waals surface area (Å²) in [5.41, 5.74) is 5.59. The van der Waals surface area contributed by atoms with Crippen molar-refractivity contribution >= 4 is 45.6 Å². The van der Waals surface area contributed by atoms with Crippen molar-refractivity contribution in [2.45, 2.75) is 57.5 Å². The van der Waals surface area contributed by atoms with E-state index >= 15 is 0 Å². The molecule has 0 N–H and O–H groups in total. The maximum atomic E-state index is 6.45. The number of pyridine rings is 3. The van der Waals surface area contributed by atoms with Gasteiger partial charge < -0.3 is 21.9 Å². The molecule has 7 aromatic rings. The predicted molar refractivity (Wildman–Crippen MR) is 178 cm³/mol. The SMILES string of the molecule is CC(C)(C)c1cc(Oc2ccc3c4ccccc4n(-c4cc(C(C)(C)C)ccn4)c3n2)nc(-n2c([S-])nc3ccccc32)c1.[Pt]. The smallest absolute Gasteiger partial charge is 0.223 e. The number of rotatable bonds is 4. The monoisotopic (exact) mass is 792 g/mol. The summed E-state index contributed by atoms with van der Waals surface area (Å²) in [5.74, 6) is 2.34. The number of ether oxygens (including phenoxy) is 1. The fourth-order valence-corrected chi connectivity index (χ4v) is 5.83. The fraction of sp³-hybridized carbons (Fsp3) is 0.222. The molecule has 0 fully saturated rings. The van der Waals surface area contributed by atoms with E-state index < -0.39 is 0 Å². The molecule has 0 aliphatic carbocycles. The number of benzene rings is 2. The molecule has 9 heteroatoms. The van der Waals surface area contributed by atoms with Gasteiger partial charge >= 0.3 is 0 Å². The van der Waals surface area contributed by atoms with E-state index in [1.807, 2.05) is 59.3 Å². The predicted octanol–water partition coefficient (Wildman–Crippen LogP) is 8.60. The molecule has 7 rings (SSSR count). The summed E-state index contributed by atoms with van der Waals surface area (Å²) in [4.78, 5) is 19.3. The molecular formula is C36H33N6OPtS-. The quantitative estimate of drug-likeness (QED) is 0.167. The van der Waals surface area contributed by atoms with E-state index in [1.54, 1.807) is 0 Å². The molecular weight excluding hydrogens is 760 g/mol. The maximum Gasteiger partial charge on any atom is 0.223 e. The molecule has 0 radical (unpaired) electrons. The third-order valence-electron chi connectivity index (χ3n) is 7.96. The average Bonchev–Trinajstić information content (AvgIpc) is 3.49. The van der Waals surface area contributed by atoms with Crippen molar-refractivity contribution in [3.63, 3.8) is 0 Å². The normalized spacial score (nSPS) is 12.1. The van der Waals surface area contributed by atoms with E-state index in [2.05, 4.69) is 87.5 Å². The molecule has 5 heterocycles. The first-order valence-electron chi connectivity index (χ1n) is 14.7. The Morgan fingerprint density at radius 1 is 0.622 bits per heavy atom. The Morgan fingerprint density at radius 2 is 1.31 bits per heavy atom. The Bertz CT molecular complexity index is 2210. The zero-order valence-electron chi connectivity index (χ0n) is 26.0. The van der Waals surface area contributed by atoms with Crippen LogP contribution in [0.4, 0.5) is 0 Å². The molecule has 0 atom stereocenters. The van der Waals surface area contributed by atoms with Gasteiger partial charge in [0.25, 0.3) is 0 Å². The third kappa shape index (κ3) is 5.62. The molecule has 0 spiro atoms. The summed E-state index contributed by atoms with van der Waals surface area (Å²) >= 11 is 5.67. The van der Waals surface area contributed by atoms with Gasteiger partial charge in [0.05, 0.1) is 16.6 Å². The minimum atomic E-state index is -0.165. The summed E-state index contributed by atoms with van der Waals surface area (Å²) in [6, 6.07) is 28.4. The third-order valence-corrected chi connectivity index (χ3v) is 8.23. The van der Waals surface area contributed by atoms with E-state index in [0.29, 0.717) is 22.7 Å². The van der Waals surface area contributed by atoms with Gasteiger partial charge in [-0.1, -0.05) is 71.9 Å². The Morgan fingerprint density at radius 3 is 2.07 bits per heavy atom. The molecule has 0 bridgehead atoms. The maximum absolute atomic E-state index is 6.45. The Hall–Kier alpha value is -4.13. The zero-order valence-corrected chi connectivity index (χ0v) is 29.1. The molecule has 0 saturated carbocycles. The van der Waals surface area contributed by atoms with Gasteiger partial charge in [0.15, 0.2) is 5.65 Å². The second-order valence-electron chi connectivity index (χ2n) is 13.1. The molecule has 0 amide bonds. The Kier molecular flexibility index (Phi) is 7.78. The van der Waals surface area contributed by atoms with Gasteiger partial charge in [0.2, 0.25) is 11.8 Å². The molecule has 0 aliphatic heterocycles. The van der Waals surface area contributed by atoms with Crippen LogP contribution in [0.1, 0.15) is 52.7 Å². The Balaban J connectivity index is 0.00000357. The van der Waals surface area contributed by atoms with Crippen molar-refractivity contribution in [1.29, 1.82) is 0 Å². The minimum Gasteiger partial charge on any atom is -0.742 e. The largest absolute Gasteiger partial charge is 0.742 e. The fourth-order valence-electron chi connectivity index (χ4n) is 5.54. The van der Waals surface area contributed by atoms with Gasteiger partial charge in [-0.2, -0.15) is 9.97 Å². The minimum absolute atomic E-state index is 0. The number of para-hydroxylation sites is 3. The average molecular weight is 793 g/mol. The zero-order chi connectivity index (χ0) is 30.8. The molecule has 0 unspecified atom stereocenters. The summed E-state index contributed by atoms with van der Waals surface area (Å²) in [5, 5.41) is 2.57. The Labute approximate surface area is 282 Å². The van der Waals surface area contributed by atoms with Gasteiger partial charge in [0.1, 0.15) is 11.6 Å². The summed E-state index contributed by atoms with van der Waals surface area (Å²) in [6.45, 7) is 13.1. The molecule has 45 heavy (non-hydrogen) atoms.